The van der Waals surface area contributed by atoms with Crippen LogP contribution in [0.4, 0.5) is 5.69 Å². The molecule has 7 nitrogen and oxygen atoms in total. The number of nitrogens with zero attached hydrogens (tertiary/aromatic N) is 2. The first-order valence-corrected chi connectivity index (χ1v) is 11.4. The molecule has 2 aromatic rings. The summed E-state index contributed by atoms with van der Waals surface area (Å²) in [5.41, 5.74) is 2.65. The van der Waals surface area contributed by atoms with Crippen molar-refractivity contribution in [3.05, 3.63) is 64.7 Å². The van der Waals surface area contributed by atoms with Crippen molar-refractivity contribution in [2.75, 3.05) is 30.6 Å². The molecule has 0 N–H and O–H groups in total. The summed E-state index contributed by atoms with van der Waals surface area (Å²) in [5, 5.41) is 0. The molecule has 31 heavy (non-hydrogen) atoms. The van der Waals surface area contributed by atoms with Gasteiger partial charge in [-0.25, -0.2) is 4.79 Å². The molecule has 160 valence electrons. The molecule has 0 bridgehead atoms. The SMILES string of the molecule is COC(=O)c1ccc2c(c1)CCN2C(=O)[C@H](CCSC)N1C(=O)c2ccccc2C1=O. The predicted octanol–water partition coefficient (Wildman–Crippen LogP) is 2.78. The van der Waals surface area contributed by atoms with Gasteiger partial charge in [-0.15, -0.1) is 0 Å². The molecular formula is C23H22N2O5S. The number of carbonyl (C=O) groups is 4. The number of imide groups is 1. The second-order valence-corrected chi connectivity index (χ2v) is 8.38. The molecule has 2 aliphatic rings. The number of hydrogen-bond acceptors (Lipinski definition) is 6. The molecule has 0 radical (unpaired) electrons. The number of carbonyl (C=O) groups excluding carboxylic acids is 4. The summed E-state index contributed by atoms with van der Waals surface area (Å²) < 4.78 is 4.77. The second-order valence-electron chi connectivity index (χ2n) is 7.40. The lowest BCUT2D eigenvalue weighted by Crippen LogP contribution is -2.51. The van der Waals surface area contributed by atoms with Gasteiger partial charge in [0.1, 0.15) is 6.04 Å². The van der Waals surface area contributed by atoms with E-state index in [2.05, 4.69) is 0 Å². The van der Waals surface area contributed by atoms with Crippen LogP contribution in [0.15, 0.2) is 42.5 Å². The van der Waals surface area contributed by atoms with Crippen LogP contribution in [0.2, 0.25) is 0 Å². The first kappa shape index (κ1) is 21.1. The Morgan fingerprint density at radius 1 is 1.10 bits per heavy atom. The third-order valence-corrected chi connectivity index (χ3v) is 6.32. The van der Waals surface area contributed by atoms with Gasteiger partial charge in [0.25, 0.3) is 11.8 Å². The van der Waals surface area contributed by atoms with Crippen LogP contribution in [0.3, 0.4) is 0 Å². The second kappa shape index (κ2) is 8.55. The number of anilines is 1. The van der Waals surface area contributed by atoms with Crippen LogP contribution in [0.5, 0.6) is 0 Å². The minimum atomic E-state index is -0.883. The summed E-state index contributed by atoms with van der Waals surface area (Å²) >= 11 is 1.56. The van der Waals surface area contributed by atoms with E-state index in [0.717, 1.165) is 10.5 Å². The molecule has 0 fully saturated rings. The first-order valence-electron chi connectivity index (χ1n) is 9.96. The highest BCUT2D eigenvalue weighted by Crippen LogP contribution is 2.33. The van der Waals surface area contributed by atoms with Crippen LogP contribution in [0, 0.1) is 0 Å². The van der Waals surface area contributed by atoms with Gasteiger partial charge in [-0.2, -0.15) is 11.8 Å². The van der Waals surface area contributed by atoms with Crippen LogP contribution >= 0.6 is 11.8 Å². The Labute approximate surface area is 184 Å². The van der Waals surface area contributed by atoms with E-state index in [9.17, 15) is 19.2 Å². The quantitative estimate of drug-likeness (QED) is 0.509. The van der Waals surface area contributed by atoms with Gasteiger partial charge in [0, 0.05) is 12.2 Å². The van der Waals surface area contributed by atoms with Crippen molar-refractivity contribution in [1.82, 2.24) is 4.90 Å². The number of hydrogen-bond donors (Lipinski definition) is 0. The van der Waals surface area contributed by atoms with Crippen molar-refractivity contribution in [2.24, 2.45) is 0 Å². The molecule has 8 heteroatoms. The van der Waals surface area contributed by atoms with Gasteiger partial charge in [-0.1, -0.05) is 12.1 Å². The summed E-state index contributed by atoms with van der Waals surface area (Å²) in [5.74, 6) is -0.947. The van der Waals surface area contributed by atoms with E-state index in [0.29, 0.717) is 47.5 Å². The summed E-state index contributed by atoms with van der Waals surface area (Å²) in [4.78, 5) is 54.2. The van der Waals surface area contributed by atoms with Crippen molar-refractivity contribution in [3.63, 3.8) is 0 Å². The standard InChI is InChI=1S/C23H22N2O5S/c1-30-23(29)15-7-8-18-14(13-15)9-11-24(18)22(28)19(10-12-31-2)25-20(26)16-5-3-4-6-17(16)21(25)27/h3-8,13,19H,9-12H2,1-2H3/t19-/m0/s1. The zero-order valence-electron chi connectivity index (χ0n) is 17.3. The minimum absolute atomic E-state index is 0.284. The molecular weight excluding hydrogens is 416 g/mol. The Morgan fingerprint density at radius 3 is 2.39 bits per heavy atom. The fourth-order valence-electron chi connectivity index (χ4n) is 4.14. The number of ether oxygens (including phenoxy) is 1. The molecule has 2 aromatic carbocycles. The number of thioether (sulfide) groups is 1. The Kier molecular flexibility index (Phi) is 5.82. The highest BCUT2D eigenvalue weighted by molar-refractivity contribution is 7.98. The topological polar surface area (TPSA) is 84.0 Å². The molecule has 0 saturated carbocycles. The van der Waals surface area contributed by atoms with Crippen molar-refractivity contribution < 1.29 is 23.9 Å². The Bertz CT molecular complexity index is 1050. The summed E-state index contributed by atoms with van der Waals surface area (Å²) in [6.07, 6.45) is 2.88. The average Bonchev–Trinajstić information content (AvgIpc) is 3.33. The smallest absolute Gasteiger partial charge is 0.337 e. The average molecular weight is 439 g/mol. The predicted molar refractivity (Wildman–Crippen MR) is 118 cm³/mol. The van der Waals surface area contributed by atoms with Crippen molar-refractivity contribution in [1.29, 1.82) is 0 Å². The van der Waals surface area contributed by atoms with E-state index < -0.39 is 23.8 Å². The minimum Gasteiger partial charge on any atom is -0.465 e. The molecule has 0 spiro atoms. The number of amides is 3. The largest absolute Gasteiger partial charge is 0.465 e. The third kappa shape index (κ3) is 3.61. The van der Waals surface area contributed by atoms with Crippen LogP contribution < -0.4 is 4.90 Å². The molecule has 0 unspecified atom stereocenters. The molecule has 3 amide bonds. The number of rotatable bonds is 6. The van der Waals surface area contributed by atoms with Gasteiger partial charge in [0.15, 0.2) is 0 Å². The van der Waals surface area contributed by atoms with E-state index in [1.807, 2.05) is 6.26 Å². The molecule has 4 rings (SSSR count). The summed E-state index contributed by atoms with van der Waals surface area (Å²) in [6, 6.07) is 10.8. The van der Waals surface area contributed by atoms with Crippen LogP contribution in [-0.2, 0) is 16.0 Å². The number of benzene rings is 2. The van der Waals surface area contributed by atoms with Crippen molar-refractivity contribution >= 4 is 41.1 Å². The molecule has 1 atom stereocenters. The Hall–Kier alpha value is -3.13. The van der Waals surface area contributed by atoms with Crippen molar-refractivity contribution in [3.8, 4) is 0 Å². The third-order valence-electron chi connectivity index (χ3n) is 5.68. The number of methoxy groups -OCH3 is 1. The summed E-state index contributed by atoms with van der Waals surface area (Å²) in [7, 11) is 1.32. The zero-order chi connectivity index (χ0) is 22.1. The van der Waals surface area contributed by atoms with E-state index in [-0.39, 0.29) is 5.91 Å². The molecule has 0 saturated heterocycles. The molecule has 0 aromatic heterocycles. The number of fused-ring (bicyclic) bond motifs is 2. The maximum Gasteiger partial charge on any atom is 0.337 e. The van der Waals surface area contributed by atoms with E-state index in [1.54, 1.807) is 59.1 Å². The lowest BCUT2D eigenvalue weighted by molar-refractivity contribution is -0.122. The van der Waals surface area contributed by atoms with Gasteiger partial charge < -0.3 is 9.64 Å². The van der Waals surface area contributed by atoms with Crippen molar-refractivity contribution in [2.45, 2.75) is 18.9 Å². The lowest BCUT2D eigenvalue weighted by Gasteiger charge is -2.29. The van der Waals surface area contributed by atoms with Gasteiger partial charge in [0.05, 0.1) is 23.8 Å². The normalized spacial score (nSPS) is 15.7. The maximum atomic E-state index is 13.6. The van der Waals surface area contributed by atoms with Gasteiger partial charge in [-0.3, -0.25) is 19.3 Å². The van der Waals surface area contributed by atoms with E-state index >= 15 is 0 Å². The van der Waals surface area contributed by atoms with E-state index in [4.69, 9.17) is 4.74 Å². The maximum absolute atomic E-state index is 13.6. The van der Waals surface area contributed by atoms with Crippen LogP contribution in [0.1, 0.15) is 43.1 Å². The Morgan fingerprint density at radius 2 is 1.77 bits per heavy atom. The van der Waals surface area contributed by atoms with Crippen LogP contribution in [-0.4, -0.2) is 60.3 Å². The first-order chi connectivity index (χ1) is 15.0. The molecule has 2 aliphatic heterocycles. The zero-order valence-corrected chi connectivity index (χ0v) is 18.1. The highest BCUT2D eigenvalue weighted by Gasteiger charge is 2.44. The molecule has 2 heterocycles. The van der Waals surface area contributed by atoms with Gasteiger partial charge >= 0.3 is 5.97 Å². The molecule has 0 aliphatic carbocycles. The van der Waals surface area contributed by atoms with Gasteiger partial charge in [-0.05, 0) is 60.7 Å². The monoisotopic (exact) mass is 438 g/mol. The highest BCUT2D eigenvalue weighted by atomic mass is 32.2. The van der Waals surface area contributed by atoms with Crippen LogP contribution in [0.25, 0.3) is 0 Å². The van der Waals surface area contributed by atoms with E-state index in [1.165, 1.54) is 7.11 Å². The summed E-state index contributed by atoms with van der Waals surface area (Å²) in [6.45, 7) is 0.428. The lowest BCUT2D eigenvalue weighted by atomic mass is 10.1. The Balaban J connectivity index is 1.65. The fraction of sp³-hybridized carbons (Fsp3) is 0.304. The number of esters is 1. The fourth-order valence-corrected chi connectivity index (χ4v) is 4.60. The van der Waals surface area contributed by atoms with Gasteiger partial charge in [0.2, 0.25) is 5.91 Å².